The molecule has 10 nitrogen and oxygen atoms in total. The standard InChI is InChI=1S/C19H14ClN3O7/c1-29-16-7-11(6-15(20)18(16)30-10-17(24)25)5-12(9-21)19(26)22-13-3-2-4-14(8-13)23(27)28/h2-8H,10H2,1H3,(H,22,26)(H,24,25)/b12-5+. The molecule has 2 N–H and O–H groups in total. The number of nitro groups is 1. The minimum Gasteiger partial charge on any atom is -0.493 e. The molecule has 30 heavy (non-hydrogen) atoms. The molecule has 1 amide bonds. The molecule has 0 aliphatic carbocycles. The number of ether oxygens (including phenoxy) is 2. The molecular weight excluding hydrogens is 418 g/mol. The number of nitriles is 1. The van der Waals surface area contributed by atoms with E-state index in [1.807, 2.05) is 0 Å². The number of hydrogen-bond acceptors (Lipinski definition) is 7. The lowest BCUT2D eigenvalue weighted by molar-refractivity contribution is -0.384. The van der Waals surface area contributed by atoms with Gasteiger partial charge in [-0.3, -0.25) is 14.9 Å². The van der Waals surface area contributed by atoms with E-state index in [-0.39, 0.29) is 33.5 Å². The second-order valence-electron chi connectivity index (χ2n) is 5.65. The molecule has 2 rings (SSSR count). The van der Waals surface area contributed by atoms with Gasteiger partial charge in [0.25, 0.3) is 11.6 Å². The fraction of sp³-hybridized carbons (Fsp3) is 0.105. The molecular formula is C19H14ClN3O7. The van der Waals surface area contributed by atoms with Crippen molar-refractivity contribution >= 4 is 40.9 Å². The lowest BCUT2D eigenvalue weighted by atomic mass is 10.1. The predicted molar refractivity (Wildman–Crippen MR) is 106 cm³/mol. The summed E-state index contributed by atoms with van der Waals surface area (Å²) in [4.78, 5) is 33.3. The third kappa shape index (κ3) is 5.70. The van der Waals surface area contributed by atoms with Gasteiger partial charge in [-0.2, -0.15) is 5.26 Å². The SMILES string of the molecule is COc1cc(/C=C(\C#N)C(=O)Nc2cccc([N+](=O)[O-])c2)cc(Cl)c1OCC(=O)O. The second kappa shape index (κ2) is 9.90. The number of hydrogen-bond donors (Lipinski definition) is 2. The van der Waals surface area contributed by atoms with Crippen molar-refractivity contribution in [2.24, 2.45) is 0 Å². The van der Waals surface area contributed by atoms with Crippen LogP contribution < -0.4 is 14.8 Å². The van der Waals surface area contributed by atoms with Crippen molar-refractivity contribution in [3.63, 3.8) is 0 Å². The molecule has 2 aromatic carbocycles. The van der Waals surface area contributed by atoms with E-state index in [9.17, 15) is 25.0 Å². The number of benzene rings is 2. The minimum absolute atomic E-state index is 0.00160. The first-order valence-electron chi connectivity index (χ1n) is 8.15. The molecule has 0 aliphatic heterocycles. The molecule has 2 aromatic rings. The summed E-state index contributed by atoms with van der Waals surface area (Å²) in [5, 5.41) is 31.3. The van der Waals surface area contributed by atoms with Crippen LogP contribution in [0, 0.1) is 21.4 Å². The largest absolute Gasteiger partial charge is 0.493 e. The summed E-state index contributed by atoms with van der Waals surface area (Å²) in [5.74, 6) is -1.90. The Bertz CT molecular complexity index is 1080. The predicted octanol–water partition coefficient (Wildman–Crippen LogP) is 3.27. The Morgan fingerprint density at radius 3 is 2.70 bits per heavy atom. The van der Waals surface area contributed by atoms with Crippen molar-refractivity contribution in [3.05, 3.63) is 62.7 Å². The first kappa shape index (κ1) is 22.2. The van der Waals surface area contributed by atoms with E-state index in [1.54, 1.807) is 6.07 Å². The van der Waals surface area contributed by atoms with Crippen molar-refractivity contribution in [1.82, 2.24) is 0 Å². The van der Waals surface area contributed by atoms with Crippen molar-refractivity contribution in [2.75, 3.05) is 19.0 Å². The molecule has 0 atom stereocenters. The third-order valence-electron chi connectivity index (χ3n) is 3.58. The zero-order chi connectivity index (χ0) is 22.3. The number of amides is 1. The van der Waals surface area contributed by atoms with E-state index in [2.05, 4.69) is 5.32 Å². The van der Waals surface area contributed by atoms with Crippen LogP contribution in [-0.2, 0) is 9.59 Å². The maximum absolute atomic E-state index is 12.4. The Kier molecular flexibility index (Phi) is 7.32. The molecule has 0 fully saturated rings. The average Bonchev–Trinajstić information content (AvgIpc) is 2.70. The summed E-state index contributed by atoms with van der Waals surface area (Å²) >= 11 is 6.11. The van der Waals surface area contributed by atoms with Gasteiger partial charge in [-0.1, -0.05) is 17.7 Å². The van der Waals surface area contributed by atoms with Crippen molar-refractivity contribution in [2.45, 2.75) is 0 Å². The van der Waals surface area contributed by atoms with E-state index in [0.29, 0.717) is 5.56 Å². The number of nitrogens with zero attached hydrogens (tertiary/aromatic N) is 2. The first-order chi connectivity index (χ1) is 14.2. The first-order valence-corrected chi connectivity index (χ1v) is 8.52. The van der Waals surface area contributed by atoms with Gasteiger partial charge < -0.3 is 19.9 Å². The van der Waals surface area contributed by atoms with Gasteiger partial charge in [0.2, 0.25) is 0 Å². The Morgan fingerprint density at radius 2 is 2.10 bits per heavy atom. The summed E-state index contributed by atoms with van der Waals surface area (Å²) in [6, 6.07) is 9.75. The normalized spacial score (nSPS) is 10.6. The second-order valence-corrected chi connectivity index (χ2v) is 6.06. The summed E-state index contributed by atoms with van der Waals surface area (Å²) < 4.78 is 10.2. The number of carbonyl (C=O) groups excluding carboxylic acids is 1. The Balaban J connectivity index is 2.30. The summed E-state index contributed by atoms with van der Waals surface area (Å²) in [5.41, 5.74) is -0.0729. The molecule has 0 heterocycles. The molecule has 11 heteroatoms. The highest BCUT2D eigenvalue weighted by Crippen LogP contribution is 2.37. The number of halogens is 1. The Labute approximate surface area is 175 Å². The molecule has 0 saturated carbocycles. The van der Waals surface area contributed by atoms with E-state index in [4.69, 9.17) is 26.2 Å². The van der Waals surface area contributed by atoms with Gasteiger partial charge in [0.1, 0.15) is 11.6 Å². The average molecular weight is 432 g/mol. The number of methoxy groups -OCH3 is 1. The van der Waals surface area contributed by atoms with Crippen LogP contribution >= 0.6 is 11.6 Å². The lowest BCUT2D eigenvalue weighted by Gasteiger charge is -2.12. The van der Waals surface area contributed by atoms with Crippen LogP contribution in [0.3, 0.4) is 0 Å². The molecule has 154 valence electrons. The summed E-state index contributed by atoms with van der Waals surface area (Å²) in [7, 11) is 1.31. The van der Waals surface area contributed by atoms with Gasteiger partial charge in [-0.05, 0) is 29.8 Å². The van der Waals surface area contributed by atoms with Crippen molar-refractivity contribution < 1.29 is 29.1 Å². The number of nitro benzene ring substituents is 1. The van der Waals surface area contributed by atoms with Gasteiger partial charge in [0, 0.05) is 17.8 Å². The number of rotatable bonds is 8. The van der Waals surface area contributed by atoms with Crippen LogP contribution in [-0.4, -0.2) is 35.6 Å². The van der Waals surface area contributed by atoms with Crippen molar-refractivity contribution in [3.8, 4) is 17.6 Å². The zero-order valence-electron chi connectivity index (χ0n) is 15.4. The molecule has 0 bridgehead atoms. The number of nitrogens with one attached hydrogen (secondary N) is 1. The highest BCUT2D eigenvalue weighted by molar-refractivity contribution is 6.32. The third-order valence-corrected chi connectivity index (χ3v) is 3.86. The van der Waals surface area contributed by atoms with Gasteiger partial charge in [0.15, 0.2) is 18.1 Å². The minimum atomic E-state index is -1.21. The van der Waals surface area contributed by atoms with Crippen molar-refractivity contribution in [1.29, 1.82) is 5.26 Å². The van der Waals surface area contributed by atoms with Crippen LogP contribution in [0.2, 0.25) is 5.02 Å². The van der Waals surface area contributed by atoms with E-state index in [1.165, 1.54) is 43.5 Å². The molecule has 0 aliphatic rings. The number of aliphatic carboxylic acids is 1. The van der Waals surface area contributed by atoms with E-state index < -0.39 is 23.4 Å². The number of non-ortho nitro benzene ring substituents is 1. The topological polar surface area (TPSA) is 152 Å². The maximum atomic E-state index is 12.4. The van der Waals surface area contributed by atoms with Crippen LogP contribution in [0.4, 0.5) is 11.4 Å². The summed E-state index contributed by atoms with van der Waals surface area (Å²) in [6.07, 6.45) is 1.22. The van der Waals surface area contributed by atoms with Gasteiger partial charge in [-0.25, -0.2) is 4.79 Å². The highest BCUT2D eigenvalue weighted by Gasteiger charge is 2.16. The smallest absolute Gasteiger partial charge is 0.341 e. The van der Waals surface area contributed by atoms with E-state index in [0.717, 1.165) is 6.07 Å². The monoisotopic (exact) mass is 431 g/mol. The fourth-order valence-corrected chi connectivity index (χ4v) is 2.58. The maximum Gasteiger partial charge on any atom is 0.341 e. The van der Waals surface area contributed by atoms with Crippen LogP contribution in [0.5, 0.6) is 11.5 Å². The van der Waals surface area contributed by atoms with E-state index >= 15 is 0 Å². The number of carboxylic acid groups (broad SMARTS) is 1. The summed E-state index contributed by atoms with van der Waals surface area (Å²) in [6.45, 7) is -0.639. The number of anilines is 1. The van der Waals surface area contributed by atoms with Gasteiger partial charge in [-0.15, -0.1) is 0 Å². The van der Waals surface area contributed by atoms with Crippen LogP contribution in [0.15, 0.2) is 42.0 Å². The number of carboxylic acids is 1. The quantitative estimate of drug-likeness (QED) is 0.279. The number of carbonyl (C=O) groups is 2. The molecule has 0 spiro atoms. The highest BCUT2D eigenvalue weighted by atomic mass is 35.5. The molecule has 0 saturated heterocycles. The van der Waals surface area contributed by atoms with Gasteiger partial charge >= 0.3 is 5.97 Å². The van der Waals surface area contributed by atoms with Crippen LogP contribution in [0.1, 0.15) is 5.56 Å². The molecule has 0 unspecified atom stereocenters. The van der Waals surface area contributed by atoms with Crippen LogP contribution in [0.25, 0.3) is 6.08 Å². The fourth-order valence-electron chi connectivity index (χ4n) is 2.31. The zero-order valence-corrected chi connectivity index (χ0v) is 16.2. The Morgan fingerprint density at radius 1 is 1.37 bits per heavy atom. The van der Waals surface area contributed by atoms with Gasteiger partial charge in [0.05, 0.1) is 17.1 Å². The molecule has 0 aromatic heterocycles. The lowest BCUT2D eigenvalue weighted by Crippen LogP contribution is -2.13. The Hall–Kier alpha value is -4.10. The molecule has 0 radical (unpaired) electrons.